The van der Waals surface area contributed by atoms with Crippen molar-refractivity contribution >= 4 is 58.3 Å². The zero-order valence-electron chi connectivity index (χ0n) is 5.22. The van der Waals surface area contributed by atoms with E-state index in [2.05, 4.69) is 66.9 Å². The van der Waals surface area contributed by atoms with Gasteiger partial charge in [-0.1, -0.05) is 15.2 Å². The number of thiocarbonyl (C=S) groups is 2. The minimum atomic E-state index is 0. The molecule has 0 aliphatic heterocycles. The molecule has 7 heteroatoms. The van der Waals surface area contributed by atoms with Crippen molar-refractivity contribution in [3.8, 4) is 0 Å². The van der Waals surface area contributed by atoms with Gasteiger partial charge in [-0.15, -0.1) is 0 Å². The molecule has 11 heavy (non-hydrogen) atoms. The van der Waals surface area contributed by atoms with Gasteiger partial charge in [-0.05, 0) is 0 Å². The Morgan fingerprint density at radius 3 is 1.55 bits per heavy atom. The van der Waals surface area contributed by atoms with E-state index in [1.165, 1.54) is 0 Å². The summed E-state index contributed by atoms with van der Waals surface area (Å²) in [6.45, 7) is 3.50. The van der Waals surface area contributed by atoms with E-state index in [1.807, 2.05) is 0 Å². The minimum absolute atomic E-state index is 0. The van der Waals surface area contributed by atoms with E-state index in [0.29, 0.717) is 5.82 Å². The number of hydrogen-bond donors (Lipinski definition) is 2. The van der Waals surface area contributed by atoms with Crippen molar-refractivity contribution in [2.24, 2.45) is 0 Å². The first-order chi connectivity index (χ1) is 4.52. The Kier molecular flexibility index (Phi) is 9.11. The standard InChI is InChI=1S/C4H6N2S4.Mn/c1-2(5-3(7)8)6-4(9)10;/h1H2,(H2,5,7,8)(H2,6,9,10);/q;+2/p-2. The van der Waals surface area contributed by atoms with Crippen molar-refractivity contribution in [3.05, 3.63) is 12.4 Å². The first kappa shape index (κ1) is 14.0. The summed E-state index contributed by atoms with van der Waals surface area (Å²) in [7, 11) is 0. The third-order valence-corrected chi connectivity index (χ3v) is 0.914. The normalized spacial score (nSPS) is 7.27. The van der Waals surface area contributed by atoms with E-state index >= 15 is 0 Å². The topological polar surface area (TPSA) is 24.1 Å². The summed E-state index contributed by atoms with van der Waals surface area (Å²) < 4.78 is 0.424. The van der Waals surface area contributed by atoms with Crippen LogP contribution >= 0.6 is 24.4 Å². The van der Waals surface area contributed by atoms with Gasteiger partial charge in [-0.2, -0.15) is 0 Å². The Morgan fingerprint density at radius 2 is 1.36 bits per heavy atom. The predicted molar refractivity (Wildman–Crippen MR) is 55.3 cm³/mol. The summed E-state index contributed by atoms with van der Waals surface area (Å²) >= 11 is 18.2. The average molecular weight is 263 g/mol. The molecule has 0 aliphatic rings. The fraction of sp³-hybridized carbons (Fsp3) is 0. The summed E-state index contributed by atoms with van der Waals surface area (Å²) in [6, 6.07) is 0. The fourth-order valence-electron chi connectivity index (χ4n) is 0.278. The van der Waals surface area contributed by atoms with Gasteiger partial charge in [-0.25, -0.2) is 0 Å². The third kappa shape index (κ3) is 10.5. The summed E-state index contributed by atoms with van der Waals surface area (Å²) in [5, 5.41) is 5.12. The zero-order chi connectivity index (χ0) is 8.15. The molecule has 0 heterocycles. The fourth-order valence-corrected chi connectivity index (χ4v) is 0.770. The van der Waals surface area contributed by atoms with Crippen LogP contribution in [0.2, 0.25) is 0 Å². The molecule has 0 spiro atoms. The van der Waals surface area contributed by atoms with Crippen LogP contribution < -0.4 is 10.6 Å². The van der Waals surface area contributed by atoms with Gasteiger partial charge in [0.25, 0.3) is 0 Å². The maximum absolute atomic E-state index is 4.55. The molecule has 0 saturated carbocycles. The van der Waals surface area contributed by atoms with Crippen LogP contribution in [0, 0.1) is 0 Å². The van der Waals surface area contributed by atoms with Crippen molar-refractivity contribution < 1.29 is 17.1 Å². The molecule has 0 amide bonds. The van der Waals surface area contributed by atoms with Gasteiger partial charge in [0.2, 0.25) is 0 Å². The van der Waals surface area contributed by atoms with Crippen LogP contribution in [0.1, 0.15) is 0 Å². The summed E-state index contributed by atoms with van der Waals surface area (Å²) in [4.78, 5) is 0. The van der Waals surface area contributed by atoms with Gasteiger partial charge in [0, 0.05) is 0 Å². The average Bonchev–Trinajstić information content (AvgIpc) is 1.58. The van der Waals surface area contributed by atoms with E-state index < -0.39 is 0 Å². The zero-order valence-corrected chi connectivity index (χ0v) is 9.66. The van der Waals surface area contributed by atoms with Crippen LogP contribution in [0.4, 0.5) is 0 Å². The van der Waals surface area contributed by atoms with Crippen LogP contribution in [0.5, 0.6) is 0 Å². The summed E-state index contributed by atoms with van der Waals surface area (Å²) in [5.74, 6) is 0.417. The van der Waals surface area contributed by atoms with Crippen molar-refractivity contribution in [2.45, 2.75) is 0 Å². The number of nitrogens with one attached hydrogen (secondary N) is 2. The quantitative estimate of drug-likeness (QED) is 0.422. The second-order valence-corrected chi connectivity index (χ2v) is 3.45. The Balaban J connectivity index is 0. The first-order valence-corrected chi connectivity index (χ1v) is 3.80. The summed E-state index contributed by atoms with van der Waals surface area (Å²) in [6.07, 6.45) is 0. The van der Waals surface area contributed by atoms with Crippen molar-refractivity contribution in [2.75, 3.05) is 0 Å². The molecular weight excluding hydrogens is 259 g/mol. The van der Waals surface area contributed by atoms with Crippen LogP contribution in [0.15, 0.2) is 12.4 Å². The molecule has 0 aromatic rings. The van der Waals surface area contributed by atoms with Gasteiger partial charge in [0.05, 0.1) is 5.82 Å². The van der Waals surface area contributed by atoms with Gasteiger partial charge in [0.1, 0.15) is 0 Å². The Labute approximate surface area is 97.9 Å². The molecule has 0 saturated heterocycles. The van der Waals surface area contributed by atoms with Crippen molar-refractivity contribution in [1.29, 1.82) is 0 Å². The molecule has 0 bridgehead atoms. The van der Waals surface area contributed by atoms with Crippen LogP contribution in [0.25, 0.3) is 0 Å². The van der Waals surface area contributed by atoms with Crippen LogP contribution in [-0.2, 0) is 42.3 Å². The monoisotopic (exact) mass is 263 g/mol. The van der Waals surface area contributed by atoms with E-state index in [-0.39, 0.29) is 25.7 Å². The minimum Gasteiger partial charge on any atom is -0.411 e. The van der Waals surface area contributed by atoms with Gasteiger partial charge >= 0.3 is 17.1 Å². The van der Waals surface area contributed by atoms with E-state index in [4.69, 9.17) is 0 Å². The molecule has 0 rings (SSSR count). The van der Waals surface area contributed by atoms with Crippen molar-refractivity contribution in [3.63, 3.8) is 0 Å². The van der Waals surface area contributed by atoms with Crippen molar-refractivity contribution in [1.82, 2.24) is 10.6 Å². The van der Waals surface area contributed by atoms with Crippen LogP contribution in [0.3, 0.4) is 0 Å². The molecule has 2 nitrogen and oxygen atoms in total. The van der Waals surface area contributed by atoms with Gasteiger partial charge in [0.15, 0.2) is 0 Å². The molecule has 2 N–H and O–H groups in total. The molecule has 0 atom stereocenters. The molecule has 1 radical (unpaired) electrons. The Hall–Kier alpha value is 0.479. The second-order valence-electron chi connectivity index (χ2n) is 1.30. The van der Waals surface area contributed by atoms with E-state index in [1.54, 1.807) is 0 Å². The molecule has 0 aromatic heterocycles. The molecular formula is C4H4MnN2S4. The molecule has 0 aromatic carbocycles. The largest absolute Gasteiger partial charge is 2.00 e. The number of rotatable bonds is 2. The van der Waals surface area contributed by atoms with Gasteiger partial charge in [-0.3, -0.25) is 0 Å². The maximum atomic E-state index is 4.55. The smallest absolute Gasteiger partial charge is 0.411 e. The Bertz CT molecular complexity index is 163. The first-order valence-electron chi connectivity index (χ1n) is 2.17. The number of hydrogen-bond acceptors (Lipinski definition) is 4. The molecule has 0 aliphatic carbocycles. The second kappa shape index (κ2) is 7.15. The van der Waals surface area contributed by atoms with Crippen LogP contribution in [-0.4, -0.2) is 8.64 Å². The van der Waals surface area contributed by atoms with Gasteiger partial charge < -0.3 is 60.3 Å². The third-order valence-electron chi connectivity index (χ3n) is 0.506. The SMILES string of the molecule is C=C(NC(=S)[S-])NC(=S)[S-].[Mn+2]. The Morgan fingerprint density at radius 1 is 1.09 bits per heavy atom. The summed E-state index contributed by atoms with van der Waals surface area (Å²) in [5.41, 5.74) is 0. The molecule has 61 valence electrons. The molecule has 0 unspecified atom stereocenters. The maximum Gasteiger partial charge on any atom is 2.00 e. The predicted octanol–water partition coefficient (Wildman–Crippen LogP) is 0.298. The molecule has 0 fully saturated rings. The van der Waals surface area contributed by atoms with E-state index in [9.17, 15) is 0 Å². The van der Waals surface area contributed by atoms with E-state index in [0.717, 1.165) is 0 Å².